The smallest absolute Gasteiger partial charge is 0.247 e. The van der Waals surface area contributed by atoms with Crippen LogP contribution in [-0.4, -0.2) is 79.9 Å². The monoisotopic (exact) mass is 495 g/mol. The molecule has 4 aliphatic rings. The SMILES string of the molecule is CC(C)N1CC=C[C@]23S[C@@]4(C)C=CCN(c5ccccc5)C(=O)[C@H]4[C@H]2C(=O)N([C@H](C)CO)C3C1=O. The summed E-state index contributed by atoms with van der Waals surface area (Å²) in [5.74, 6) is -1.79. The highest BCUT2D eigenvalue weighted by molar-refractivity contribution is 8.02. The van der Waals surface area contributed by atoms with Crippen LogP contribution in [0.5, 0.6) is 0 Å². The van der Waals surface area contributed by atoms with Crippen LogP contribution in [-0.2, 0) is 14.4 Å². The number of anilines is 1. The Balaban J connectivity index is 1.67. The first-order valence-electron chi connectivity index (χ1n) is 12.3. The molecule has 186 valence electrons. The van der Waals surface area contributed by atoms with Crippen LogP contribution in [0.2, 0.25) is 0 Å². The Kier molecular flexibility index (Phi) is 5.87. The molecule has 4 aliphatic heterocycles. The van der Waals surface area contributed by atoms with Gasteiger partial charge in [-0.2, -0.15) is 0 Å². The molecular weight excluding hydrogens is 462 g/mol. The predicted octanol–water partition coefficient (Wildman–Crippen LogP) is 2.46. The van der Waals surface area contributed by atoms with Gasteiger partial charge in [0.15, 0.2) is 0 Å². The maximum absolute atomic E-state index is 14.2. The van der Waals surface area contributed by atoms with Crippen molar-refractivity contribution in [3.63, 3.8) is 0 Å². The molecule has 2 fully saturated rings. The third-order valence-electron chi connectivity index (χ3n) is 7.96. The number of hydrogen-bond donors (Lipinski definition) is 1. The molecule has 1 aromatic rings. The molecule has 0 saturated carbocycles. The Hall–Kier alpha value is -2.58. The number of aliphatic hydroxyl groups is 1. The lowest BCUT2D eigenvalue weighted by atomic mass is 9.74. The summed E-state index contributed by atoms with van der Waals surface area (Å²) in [4.78, 5) is 47.5. The van der Waals surface area contributed by atoms with Crippen LogP contribution < -0.4 is 4.90 Å². The maximum Gasteiger partial charge on any atom is 0.247 e. The third-order valence-corrected chi connectivity index (χ3v) is 9.75. The fourth-order valence-electron chi connectivity index (χ4n) is 6.35. The van der Waals surface area contributed by atoms with Gasteiger partial charge >= 0.3 is 0 Å². The first-order valence-corrected chi connectivity index (χ1v) is 13.1. The van der Waals surface area contributed by atoms with Crippen molar-refractivity contribution < 1.29 is 19.5 Å². The van der Waals surface area contributed by atoms with Crippen molar-refractivity contribution >= 4 is 35.2 Å². The quantitative estimate of drug-likeness (QED) is 0.649. The third kappa shape index (κ3) is 3.40. The molecule has 1 aromatic carbocycles. The Morgan fingerprint density at radius 2 is 1.66 bits per heavy atom. The van der Waals surface area contributed by atoms with E-state index in [0.29, 0.717) is 13.1 Å². The van der Waals surface area contributed by atoms with Crippen molar-refractivity contribution in [2.24, 2.45) is 11.8 Å². The van der Waals surface area contributed by atoms with E-state index in [-0.39, 0.29) is 30.4 Å². The number of likely N-dealkylation sites (tertiary alicyclic amines) is 1. The molecule has 1 spiro atoms. The van der Waals surface area contributed by atoms with Crippen molar-refractivity contribution in [3.8, 4) is 0 Å². The van der Waals surface area contributed by atoms with Gasteiger partial charge in [0.05, 0.1) is 29.2 Å². The zero-order valence-electron chi connectivity index (χ0n) is 20.6. The number of carbonyl (C=O) groups excluding carboxylic acids is 3. The molecule has 4 heterocycles. The molecule has 0 bridgehead atoms. The second-order valence-corrected chi connectivity index (χ2v) is 12.2. The van der Waals surface area contributed by atoms with Gasteiger partial charge < -0.3 is 19.8 Å². The van der Waals surface area contributed by atoms with E-state index in [0.717, 1.165) is 5.69 Å². The van der Waals surface area contributed by atoms with E-state index in [1.807, 2.05) is 69.3 Å². The van der Waals surface area contributed by atoms with Gasteiger partial charge in [-0.3, -0.25) is 14.4 Å². The molecule has 35 heavy (non-hydrogen) atoms. The molecule has 6 atom stereocenters. The average molecular weight is 496 g/mol. The highest BCUT2D eigenvalue weighted by atomic mass is 32.2. The second-order valence-electron chi connectivity index (χ2n) is 10.4. The highest BCUT2D eigenvalue weighted by Crippen LogP contribution is 2.65. The van der Waals surface area contributed by atoms with Crippen molar-refractivity contribution in [1.29, 1.82) is 0 Å². The topological polar surface area (TPSA) is 81.2 Å². The number of rotatable bonds is 4. The summed E-state index contributed by atoms with van der Waals surface area (Å²) in [6, 6.07) is 8.17. The van der Waals surface area contributed by atoms with Crippen LogP contribution in [0.4, 0.5) is 5.69 Å². The van der Waals surface area contributed by atoms with E-state index in [1.54, 1.807) is 33.4 Å². The van der Waals surface area contributed by atoms with Gasteiger partial charge in [0.2, 0.25) is 17.7 Å². The number of carbonyl (C=O) groups is 3. The van der Waals surface area contributed by atoms with E-state index < -0.39 is 33.4 Å². The van der Waals surface area contributed by atoms with Crippen LogP contribution in [0, 0.1) is 11.8 Å². The number of para-hydroxylation sites is 1. The number of nitrogens with zero attached hydrogens (tertiary/aromatic N) is 3. The Morgan fingerprint density at radius 3 is 2.31 bits per heavy atom. The summed E-state index contributed by atoms with van der Waals surface area (Å²) in [6.45, 7) is 8.36. The minimum atomic E-state index is -0.889. The van der Waals surface area contributed by atoms with Crippen LogP contribution in [0.1, 0.15) is 27.7 Å². The number of benzene rings is 1. The molecule has 1 unspecified atom stereocenters. The normalized spacial score (nSPS) is 35.2. The first kappa shape index (κ1) is 24.1. The van der Waals surface area contributed by atoms with E-state index in [4.69, 9.17) is 0 Å². The summed E-state index contributed by atoms with van der Waals surface area (Å²) >= 11 is 1.57. The molecule has 1 N–H and O–H groups in total. The van der Waals surface area contributed by atoms with E-state index in [2.05, 4.69) is 6.08 Å². The standard InChI is InChI=1S/C27H33N3O4S/c1-17(2)28-14-9-13-27-21(24(33)30(18(3)16-31)22(27)25(28)34)20-23(32)29(19-10-6-5-7-11-19)15-8-12-26(20,4)35-27/h5-13,17-18,20-22,31H,14-16H2,1-4H3/t18-,20-,21+,22?,26+,27+/m1/s1. The average Bonchev–Trinajstić information content (AvgIpc) is 3.10. The van der Waals surface area contributed by atoms with Crippen molar-refractivity contribution in [2.75, 3.05) is 24.6 Å². The molecule has 3 amide bonds. The maximum atomic E-state index is 14.2. The Bertz CT molecular complexity index is 1100. The number of hydrogen-bond acceptors (Lipinski definition) is 5. The predicted molar refractivity (Wildman–Crippen MR) is 137 cm³/mol. The number of thioether (sulfide) groups is 1. The number of fused-ring (bicyclic) bond motifs is 2. The van der Waals surface area contributed by atoms with E-state index >= 15 is 0 Å². The summed E-state index contributed by atoms with van der Waals surface area (Å²) in [5.41, 5.74) is 0.790. The lowest BCUT2D eigenvalue weighted by Gasteiger charge is -2.39. The fraction of sp³-hybridized carbons (Fsp3) is 0.519. The van der Waals surface area contributed by atoms with Crippen LogP contribution in [0.15, 0.2) is 54.6 Å². The van der Waals surface area contributed by atoms with Gasteiger partial charge in [-0.1, -0.05) is 42.5 Å². The number of aliphatic hydroxyl groups excluding tert-OH is 1. The molecule has 0 aliphatic carbocycles. The van der Waals surface area contributed by atoms with Gasteiger partial charge in [0, 0.05) is 29.6 Å². The molecule has 2 saturated heterocycles. The lowest BCUT2D eigenvalue weighted by Crippen LogP contribution is -2.57. The van der Waals surface area contributed by atoms with Crippen LogP contribution in [0.3, 0.4) is 0 Å². The minimum absolute atomic E-state index is 0.0368. The van der Waals surface area contributed by atoms with Gasteiger partial charge in [-0.25, -0.2) is 0 Å². The van der Waals surface area contributed by atoms with Gasteiger partial charge in [-0.05, 0) is 39.8 Å². The summed E-state index contributed by atoms with van der Waals surface area (Å²) in [6.07, 6.45) is 8.06. The largest absolute Gasteiger partial charge is 0.394 e. The summed E-state index contributed by atoms with van der Waals surface area (Å²) in [7, 11) is 0. The second kappa shape index (κ2) is 8.52. The molecule has 5 rings (SSSR count). The summed E-state index contributed by atoms with van der Waals surface area (Å²) in [5, 5.41) is 10.0. The highest BCUT2D eigenvalue weighted by Gasteiger charge is 2.74. The fourth-order valence-corrected chi connectivity index (χ4v) is 8.49. The Morgan fingerprint density at radius 1 is 0.971 bits per heavy atom. The van der Waals surface area contributed by atoms with Crippen LogP contribution >= 0.6 is 11.8 Å². The zero-order chi connectivity index (χ0) is 25.1. The van der Waals surface area contributed by atoms with Crippen molar-refractivity contribution in [3.05, 3.63) is 54.6 Å². The first-order chi connectivity index (χ1) is 16.7. The van der Waals surface area contributed by atoms with Gasteiger partial charge in [0.25, 0.3) is 0 Å². The van der Waals surface area contributed by atoms with Crippen molar-refractivity contribution in [2.45, 2.75) is 55.3 Å². The van der Waals surface area contributed by atoms with Crippen molar-refractivity contribution in [1.82, 2.24) is 9.80 Å². The number of amides is 3. The van der Waals surface area contributed by atoms with Gasteiger partial charge in [-0.15, -0.1) is 11.8 Å². The molecule has 7 nitrogen and oxygen atoms in total. The minimum Gasteiger partial charge on any atom is -0.394 e. The van der Waals surface area contributed by atoms with Gasteiger partial charge in [0.1, 0.15) is 6.04 Å². The molecule has 0 aromatic heterocycles. The van der Waals surface area contributed by atoms with E-state index in [1.165, 1.54) is 0 Å². The summed E-state index contributed by atoms with van der Waals surface area (Å²) < 4.78 is -1.54. The van der Waals surface area contributed by atoms with E-state index in [9.17, 15) is 19.5 Å². The molecular formula is C27H33N3O4S. The molecule has 0 radical (unpaired) electrons. The lowest BCUT2D eigenvalue weighted by molar-refractivity contribution is -0.146. The van der Waals surface area contributed by atoms with Crippen LogP contribution in [0.25, 0.3) is 0 Å². The molecule has 8 heteroatoms. The zero-order valence-corrected chi connectivity index (χ0v) is 21.4. The Labute approximate surface area is 210 Å².